The fraction of sp³-hybridized carbons (Fsp3) is 0.455. The van der Waals surface area contributed by atoms with Gasteiger partial charge in [-0.05, 0) is 55.6 Å². The van der Waals surface area contributed by atoms with Gasteiger partial charge in [-0.25, -0.2) is 9.98 Å². The van der Waals surface area contributed by atoms with E-state index in [9.17, 15) is 0 Å². The van der Waals surface area contributed by atoms with Crippen molar-refractivity contribution in [3.8, 4) is 0 Å². The Morgan fingerprint density at radius 1 is 1.00 bits per heavy atom. The lowest BCUT2D eigenvalue weighted by Gasteiger charge is -2.26. The van der Waals surface area contributed by atoms with Crippen LogP contribution in [0.5, 0.6) is 0 Å². The highest BCUT2D eigenvalue weighted by Crippen LogP contribution is 2.13. The maximum absolute atomic E-state index is 5.83. The summed E-state index contributed by atoms with van der Waals surface area (Å²) in [5, 5.41) is 7.19. The Morgan fingerprint density at radius 3 is 2.34 bits per heavy atom. The van der Waals surface area contributed by atoms with Gasteiger partial charge in [0.05, 0.1) is 6.54 Å². The van der Waals surface area contributed by atoms with Gasteiger partial charge >= 0.3 is 0 Å². The summed E-state index contributed by atoms with van der Waals surface area (Å²) in [4.78, 5) is 11.3. The molecule has 0 radical (unpaired) electrons. The second-order valence-electron chi connectivity index (χ2n) is 7.19. The fourth-order valence-corrected chi connectivity index (χ4v) is 3.45. The molecule has 29 heavy (non-hydrogen) atoms. The van der Waals surface area contributed by atoms with E-state index in [1.807, 2.05) is 6.07 Å². The Balaban J connectivity index is 0.00000300. The number of halogens is 2. The molecule has 1 saturated heterocycles. The van der Waals surface area contributed by atoms with Crippen LogP contribution in [0.3, 0.4) is 0 Å². The Morgan fingerprint density at radius 2 is 1.69 bits per heavy atom. The molecule has 0 spiro atoms. The van der Waals surface area contributed by atoms with E-state index in [-0.39, 0.29) is 24.0 Å². The first-order valence-electron chi connectivity index (χ1n) is 10.2. The van der Waals surface area contributed by atoms with Crippen molar-refractivity contribution in [2.75, 3.05) is 19.6 Å². The molecule has 2 heterocycles. The topological polar surface area (TPSA) is 52.6 Å². The summed E-state index contributed by atoms with van der Waals surface area (Å²) in [6.45, 7) is 7.72. The van der Waals surface area contributed by atoms with Gasteiger partial charge in [-0.2, -0.15) is 0 Å². The van der Waals surface area contributed by atoms with E-state index in [2.05, 4.69) is 56.7 Å². The molecule has 3 rings (SSSR count). The van der Waals surface area contributed by atoms with Crippen molar-refractivity contribution in [3.05, 3.63) is 64.4 Å². The van der Waals surface area contributed by atoms with Crippen LogP contribution in [0.1, 0.15) is 42.9 Å². The number of guanidine groups is 1. The van der Waals surface area contributed by atoms with E-state index < -0.39 is 0 Å². The van der Waals surface area contributed by atoms with Gasteiger partial charge in [-0.15, -0.1) is 24.0 Å². The Hall–Kier alpha value is -1.38. The molecular weight excluding hydrogens is 497 g/mol. The minimum atomic E-state index is 0. The van der Waals surface area contributed by atoms with E-state index in [1.165, 1.54) is 43.5 Å². The number of aromatic nitrogens is 1. The number of pyridine rings is 1. The number of benzene rings is 1. The lowest BCUT2D eigenvalue weighted by atomic mass is 10.1. The van der Waals surface area contributed by atoms with E-state index in [0.717, 1.165) is 31.2 Å². The molecule has 0 unspecified atom stereocenters. The predicted molar refractivity (Wildman–Crippen MR) is 132 cm³/mol. The van der Waals surface area contributed by atoms with Crippen molar-refractivity contribution >= 4 is 41.5 Å². The standard InChI is InChI=1S/C22H30ClN5.HI/c1-2-24-22(27-16-20-10-11-21(23)25-15-20)26-14-18-6-8-19(9-7-18)17-28-12-4-3-5-13-28;/h6-11,15H,2-5,12-14,16-17H2,1H3,(H2,24,26,27);1H. The molecule has 1 fully saturated rings. The second kappa shape index (κ2) is 13.0. The minimum absolute atomic E-state index is 0. The summed E-state index contributed by atoms with van der Waals surface area (Å²) in [6.07, 6.45) is 5.81. The van der Waals surface area contributed by atoms with Gasteiger partial charge in [0.2, 0.25) is 0 Å². The number of nitrogens with one attached hydrogen (secondary N) is 2. The van der Waals surface area contributed by atoms with Crippen molar-refractivity contribution < 1.29 is 0 Å². The third-order valence-electron chi connectivity index (χ3n) is 4.89. The first kappa shape index (κ1) is 23.9. The third kappa shape index (κ3) is 8.48. The average molecular weight is 528 g/mol. The lowest BCUT2D eigenvalue weighted by Crippen LogP contribution is -2.36. The molecule has 0 amide bonds. The number of aliphatic imine (C=N–C) groups is 1. The molecule has 0 saturated carbocycles. The van der Waals surface area contributed by atoms with E-state index in [4.69, 9.17) is 11.6 Å². The molecule has 1 aliphatic heterocycles. The number of hydrogen-bond donors (Lipinski definition) is 2. The van der Waals surface area contributed by atoms with Gasteiger partial charge < -0.3 is 10.6 Å². The van der Waals surface area contributed by atoms with Crippen LogP contribution in [0.4, 0.5) is 0 Å². The number of nitrogens with zero attached hydrogens (tertiary/aromatic N) is 3. The summed E-state index contributed by atoms with van der Waals surface area (Å²) < 4.78 is 0. The first-order chi connectivity index (χ1) is 13.7. The molecular formula is C22H31ClIN5. The molecule has 1 aromatic carbocycles. The highest BCUT2D eigenvalue weighted by molar-refractivity contribution is 14.0. The van der Waals surface area contributed by atoms with Crippen molar-refractivity contribution in [3.63, 3.8) is 0 Å². The van der Waals surface area contributed by atoms with Crippen molar-refractivity contribution in [2.24, 2.45) is 4.99 Å². The number of rotatable bonds is 7. The largest absolute Gasteiger partial charge is 0.357 e. The molecule has 1 aliphatic rings. The summed E-state index contributed by atoms with van der Waals surface area (Å²) in [7, 11) is 0. The summed E-state index contributed by atoms with van der Waals surface area (Å²) in [5.74, 6) is 0.801. The van der Waals surface area contributed by atoms with Crippen LogP contribution in [0.15, 0.2) is 47.6 Å². The summed E-state index contributed by atoms with van der Waals surface area (Å²) >= 11 is 5.83. The molecule has 2 N–H and O–H groups in total. The van der Waals surface area contributed by atoms with Crippen LogP contribution in [0.2, 0.25) is 5.15 Å². The second-order valence-corrected chi connectivity index (χ2v) is 7.58. The number of likely N-dealkylation sites (tertiary alicyclic amines) is 1. The Kier molecular flexibility index (Phi) is 10.7. The Labute approximate surface area is 196 Å². The van der Waals surface area contributed by atoms with Crippen molar-refractivity contribution in [1.29, 1.82) is 0 Å². The van der Waals surface area contributed by atoms with E-state index >= 15 is 0 Å². The van der Waals surface area contributed by atoms with Crippen molar-refractivity contribution in [1.82, 2.24) is 20.5 Å². The zero-order valence-corrected chi connectivity index (χ0v) is 20.1. The summed E-state index contributed by atoms with van der Waals surface area (Å²) in [6, 6.07) is 12.6. The van der Waals surface area contributed by atoms with Gasteiger partial charge in [-0.1, -0.05) is 48.4 Å². The minimum Gasteiger partial charge on any atom is -0.357 e. The first-order valence-corrected chi connectivity index (χ1v) is 10.5. The number of hydrogen-bond acceptors (Lipinski definition) is 3. The van der Waals surface area contributed by atoms with Gasteiger partial charge in [0.25, 0.3) is 0 Å². The van der Waals surface area contributed by atoms with Crippen LogP contribution in [0.25, 0.3) is 0 Å². The van der Waals surface area contributed by atoms with Gasteiger partial charge in [-0.3, -0.25) is 4.90 Å². The SMILES string of the molecule is CCNC(=NCc1ccc(Cl)nc1)NCc1ccc(CN2CCCCC2)cc1.I. The molecule has 0 aliphatic carbocycles. The van der Waals surface area contributed by atoms with Gasteiger partial charge in [0, 0.05) is 25.8 Å². The Bertz CT molecular complexity index is 743. The molecule has 5 nitrogen and oxygen atoms in total. The molecule has 0 atom stereocenters. The number of piperidine rings is 1. The maximum Gasteiger partial charge on any atom is 0.191 e. The fourth-order valence-electron chi connectivity index (χ4n) is 3.34. The molecule has 2 aromatic rings. The zero-order valence-electron chi connectivity index (χ0n) is 17.0. The average Bonchev–Trinajstić information content (AvgIpc) is 2.73. The summed E-state index contributed by atoms with van der Waals surface area (Å²) in [5.41, 5.74) is 3.67. The highest BCUT2D eigenvalue weighted by atomic mass is 127. The van der Waals surface area contributed by atoms with E-state index in [1.54, 1.807) is 12.3 Å². The molecule has 1 aromatic heterocycles. The lowest BCUT2D eigenvalue weighted by molar-refractivity contribution is 0.221. The normalized spacial score (nSPS) is 14.9. The van der Waals surface area contributed by atoms with Crippen LogP contribution >= 0.6 is 35.6 Å². The molecule has 0 bridgehead atoms. The maximum atomic E-state index is 5.83. The van der Waals surface area contributed by atoms with Crippen LogP contribution in [-0.2, 0) is 19.6 Å². The monoisotopic (exact) mass is 527 g/mol. The van der Waals surface area contributed by atoms with Gasteiger partial charge in [0.15, 0.2) is 5.96 Å². The highest BCUT2D eigenvalue weighted by Gasteiger charge is 2.10. The predicted octanol–water partition coefficient (Wildman–Crippen LogP) is 4.59. The third-order valence-corrected chi connectivity index (χ3v) is 5.11. The van der Waals surface area contributed by atoms with E-state index in [0.29, 0.717) is 11.7 Å². The molecule has 158 valence electrons. The quantitative estimate of drug-likeness (QED) is 0.239. The van der Waals surface area contributed by atoms with Gasteiger partial charge in [0.1, 0.15) is 5.15 Å². The van der Waals surface area contributed by atoms with Crippen molar-refractivity contribution in [2.45, 2.75) is 45.8 Å². The van der Waals surface area contributed by atoms with Crippen LogP contribution < -0.4 is 10.6 Å². The zero-order chi connectivity index (χ0) is 19.6. The van der Waals surface area contributed by atoms with Crippen LogP contribution in [0, 0.1) is 0 Å². The molecule has 7 heteroatoms. The van der Waals surface area contributed by atoms with Crippen LogP contribution in [-0.4, -0.2) is 35.5 Å². The smallest absolute Gasteiger partial charge is 0.191 e.